The largest absolute Gasteiger partial charge is 0.481 e. The zero-order valence-electron chi connectivity index (χ0n) is 21.2. The fraction of sp³-hybridized carbons (Fsp3) is 0.250. The van der Waals surface area contributed by atoms with Crippen LogP contribution in [-0.2, 0) is 30.6 Å². The maximum absolute atomic E-state index is 12.9. The highest BCUT2D eigenvalue weighted by atomic mass is 35.5. The molecular weight excluding hydrogens is 480 g/mol. The number of aliphatic carboxylic acids is 1. The molecule has 0 saturated heterocycles. The van der Waals surface area contributed by atoms with E-state index in [9.17, 15) is 9.90 Å². The van der Waals surface area contributed by atoms with Crippen molar-refractivity contribution in [3.05, 3.63) is 130 Å². The molecule has 3 aromatic carbocycles. The first-order valence-electron chi connectivity index (χ1n) is 12.8. The van der Waals surface area contributed by atoms with E-state index >= 15 is 0 Å². The molecule has 4 rings (SSSR count). The molecule has 0 atom stereocenters. The second-order valence-electron chi connectivity index (χ2n) is 9.50. The highest BCUT2D eigenvalue weighted by Gasteiger charge is 2.36. The molecule has 5 heteroatoms. The van der Waals surface area contributed by atoms with Crippen molar-refractivity contribution in [3.8, 4) is 0 Å². The molecule has 0 aliphatic heterocycles. The highest BCUT2D eigenvalue weighted by molar-refractivity contribution is 6.31. The third kappa shape index (κ3) is 6.78. The summed E-state index contributed by atoms with van der Waals surface area (Å²) in [5.41, 5.74) is 2.73. The first-order chi connectivity index (χ1) is 18.0. The molecule has 0 radical (unpaired) electrons. The summed E-state index contributed by atoms with van der Waals surface area (Å²) in [6.07, 6.45) is 9.36. The topological polar surface area (TPSA) is 55.1 Å². The van der Waals surface area contributed by atoms with E-state index < -0.39 is 11.4 Å². The van der Waals surface area contributed by atoms with Gasteiger partial charge in [0.2, 0.25) is 0 Å². The van der Waals surface area contributed by atoms with Crippen molar-refractivity contribution in [2.75, 3.05) is 0 Å². The molecule has 0 spiro atoms. The Balaban J connectivity index is 1.75. The third-order valence-electron chi connectivity index (χ3n) is 6.73. The molecule has 0 aliphatic rings. The molecule has 0 saturated carbocycles. The van der Waals surface area contributed by atoms with Crippen LogP contribution in [0.5, 0.6) is 0 Å². The lowest BCUT2D eigenvalue weighted by Crippen LogP contribution is -2.34. The van der Waals surface area contributed by atoms with Crippen LogP contribution in [0.25, 0.3) is 6.08 Å². The highest BCUT2D eigenvalue weighted by Crippen LogP contribution is 2.32. The molecule has 0 aliphatic carbocycles. The van der Waals surface area contributed by atoms with Crippen LogP contribution in [0.2, 0.25) is 5.02 Å². The molecule has 0 fully saturated rings. The molecule has 1 N–H and O–H groups in total. The molecule has 190 valence electrons. The van der Waals surface area contributed by atoms with Crippen molar-refractivity contribution in [3.63, 3.8) is 0 Å². The van der Waals surface area contributed by atoms with E-state index in [1.165, 1.54) is 0 Å². The Morgan fingerprint density at radius 1 is 0.946 bits per heavy atom. The van der Waals surface area contributed by atoms with E-state index in [-0.39, 0.29) is 0 Å². The quantitative estimate of drug-likeness (QED) is 0.214. The Labute approximate surface area is 224 Å². The predicted molar refractivity (Wildman–Crippen MR) is 151 cm³/mol. The summed E-state index contributed by atoms with van der Waals surface area (Å²) < 4.78 is 2.16. The van der Waals surface area contributed by atoms with Crippen LogP contribution in [0, 0.1) is 5.41 Å². The third-order valence-corrected chi connectivity index (χ3v) is 7.10. The van der Waals surface area contributed by atoms with Crippen molar-refractivity contribution in [2.45, 2.75) is 45.6 Å². The van der Waals surface area contributed by atoms with Crippen molar-refractivity contribution < 1.29 is 9.90 Å². The first kappa shape index (κ1) is 26.4. The number of rotatable bonds is 12. The van der Waals surface area contributed by atoms with Crippen molar-refractivity contribution >= 4 is 23.6 Å². The van der Waals surface area contributed by atoms with Crippen LogP contribution in [0.1, 0.15) is 48.0 Å². The Morgan fingerprint density at radius 3 is 2.11 bits per heavy atom. The van der Waals surface area contributed by atoms with Crippen molar-refractivity contribution in [1.29, 1.82) is 0 Å². The van der Waals surface area contributed by atoms with Crippen molar-refractivity contribution in [1.82, 2.24) is 9.55 Å². The van der Waals surface area contributed by atoms with Gasteiger partial charge in [-0.2, -0.15) is 0 Å². The first-order valence-corrected chi connectivity index (χ1v) is 13.2. The zero-order chi connectivity index (χ0) is 26.1. The summed E-state index contributed by atoms with van der Waals surface area (Å²) in [7, 11) is 0. The molecule has 1 heterocycles. The molecule has 0 unspecified atom stereocenters. The number of hydrogen-bond donors (Lipinski definition) is 1. The number of carboxylic acids is 1. The van der Waals surface area contributed by atoms with Gasteiger partial charge in [-0.25, -0.2) is 4.98 Å². The van der Waals surface area contributed by atoms with Crippen LogP contribution in [0.15, 0.2) is 97.2 Å². The standard InChI is InChI=1S/C32H33ClN2O2/c1-2-3-18-30-34-23-28(35(30)24-27-16-10-11-17-29(27)33)19-20-32(31(36)37,21-25-12-6-4-7-13-25)22-26-14-8-5-9-15-26/h4-17,19-20,23H,2-3,18,21-22,24H2,1H3,(H,36,37)/b20-19+. The average molecular weight is 513 g/mol. The minimum Gasteiger partial charge on any atom is -0.481 e. The van der Waals surface area contributed by atoms with Crippen molar-refractivity contribution in [2.24, 2.45) is 5.41 Å². The molecule has 4 nitrogen and oxygen atoms in total. The van der Waals surface area contributed by atoms with Gasteiger partial charge in [0, 0.05) is 11.4 Å². The number of imidazole rings is 1. The van der Waals surface area contributed by atoms with Gasteiger partial charge in [-0.05, 0) is 48.1 Å². The summed E-state index contributed by atoms with van der Waals surface area (Å²) in [5, 5.41) is 11.3. The molecule has 0 bridgehead atoms. The smallest absolute Gasteiger partial charge is 0.314 e. The maximum Gasteiger partial charge on any atom is 0.314 e. The monoisotopic (exact) mass is 512 g/mol. The number of hydrogen-bond acceptors (Lipinski definition) is 2. The number of aromatic nitrogens is 2. The Kier molecular flexibility index (Phi) is 8.97. The molecular formula is C32H33ClN2O2. The Morgan fingerprint density at radius 2 is 1.54 bits per heavy atom. The van der Waals surface area contributed by atoms with E-state index in [0.717, 1.165) is 47.5 Å². The number of carboxylic acid groups (broad SMARTS) is 1. The number of unbranched alkanes of at least 4 members (excludes halogenated alkanes) is 1. The lowest BCUT2D eigenvalue weighted by molar-refractivity contribution is -0.145. The number of aryl methyl sites for hydroxylation is 1. The summed E-state index contributed by atoms with van der Waals surface area (Å²) in [6, 6.07) is 27.5. The van der Waals surface area contributed by atoms with Gasteiger partial charge >= 0.3 is 5.97 Å². The lowest BCUT2D eigenvalue weighted by Gasteiger charge is -2.27. The van der Waals surface area contributed by atoms with Gasteiger partial charge in [-0.3, -0.25) is 4.79 Å². The van der Waals surface area contributed by atoms with Crippen LogP contribution in [0.4, 0.5) is 0 Å². The van der Waals surface area contributed by atoms with E-state index in [2.05, 4.69) is 11.5 Å². The predicted octanol–water partition coefficient (Wildman–Crippen LogP) is 7.50. The fourth-order valence-corrected chi connectivity index (χ4v) is 4.84. The second-order valence-corrected chi connectivity index (χ2v) is 9.91. The normalized spacial score (nSPS) is 11.7. The summed E-state index contributed by atoms with van der Waals surface area (Å²) in [4.78, 5) is 17.6. The minimum absolute atomic E-state index is 0.385. The Bertz CT molecular complexity index is 1290. The molecule has 1 aromatic heterocycles. The van der Waals surface area contributed by atoms with E-state index in [1.54, 1.807) is 0 Å². The van der Waals surface area contributed by atoms with Gasteiger partial charge < -0.3 is 9.67 Å². The van der Waals surface area contributed by atoms with Gasteiger partial charge in [-0.15, -0.1) is 0 Å². The summed E-state index contributed by atoms with van der Waals surface area (Å²) >= 11 is 6.49. The van der Waals surface area contributed by atoms with E-state index in [4.69, 9.17) is 16.6 Å². The van der Waals surface area contributed by atoms with Gasteiger partial charge in [0.05, 0.1) is 23.9 Å². The number of benzene rings is 3. The molecule has 4 aromatic rings. The van der Waals surface area contributed by atoms with E-state index in [0.29, 0.717) is 24.4 Å². The number of carbonyl (C=O) groups is 1. The Hall–Kier alpha value is -3.63. The van der Waals surface area contributed by atoms with E-state index in [1.807, 2.05) is 103 Å². The minimum atomic E-state index is -1.12. The average Bonchev–Trinajstić information content (AvgIpc) is 3.29. The van der Waals surface area contributed by atoms with Gasteiger partial charge in [-0.1, -0.05) is 110 Å². The lowest BCUT2D eigenvalue weighted by atomic mass is 9.76. The zero-order valence-corrected chi connectivity index (χ0v) is 21.9. The maximum atomic E-state index is 12.9. The summed E-state index contributed by atoms with van der Waals surface area (Å²) in [6.45, 7) is 2.74. The molecule has 0 amide bonds. The van der Waals surface area contributed by atoms with Crippen LogP contribution in [0.3, 0.4) is 0 Å². The van der Waals surface area contributed by atoms with Crippen LogP contribution < -0.4 is 0 Å². The number of halogens is 1. The summed E-state index contributed by atoms with van der Waals surface area (Å²) in [5.74, 6) is 0.133. The van der Waals surface area contributed by atoms with Crippen LogP contribution in [-0.4, -0.2) is 20.6 Å². The fourth-order valence-electron chi connectivity index (χ4n) is 4.64. The van der Waals surface area contributed by atoms with Gasteiger partial charge in [0.15, 0.2) is 0 Å². The van der Waals surface area contributed by atoms with Gasteiger partial charge in [0.1, 0.15) is 5.82 Å². The van der Waals surface area contributed by atoms with Gasteiger partial charge in [0.25, 0.3) is 0 Å². The SMILES string of the molecule is CCCCc1ncc(/C=C/C(Cc2ccccc2)(Cc2ccccc2)C(=O)O)n1Cc1ccccc1Cl. The number of nitrogens with zero attached hydrogens (tertiary/aromatic N) is 2. The van der Waals surface area contributed by atoms with Crippen LogP contribution >= 0.6 is 11.6 Å². The second kappa shape index (κ2) is 12.6. The molecule has 37 heavy (non-hydrogen) atoms.